The Labute approximate surface area is 109 Å². The first-order valence-electron chi connectivity index (χ1n) is 6.70. The molecule has 98 valence electrons. The Bertz CT molecular complexity index is 371. The smallest absolute Gasteiger partial charge is 0.410 e. The summed E-state index contributed by atoms with van der Waals surface area (Å²) in [5, 5.41) is 0. The average molecular weight is 247 g/mol. The zero-order valence-electron chi connectivity index (χ0n) is 11.0. The minimum Gasteiger partial charge on any atom is -0.453 e. The van der Waals surface area contributed by atoms with E-state index in [1.807, 2.05) is 23.1 Å². The Hall–Kier alpha value is -1.51. The normalized spacial score (nSPS) is 16.3. The molecule has 1 aliphatic rings. The third-order valence-electron chi connectivity index (χ3n) is 3.62. The molecule has 0 unspecified atom stereocenters. The fraction of sp³-hybridized carbons (Fsp3) is 0.533. The van der Waals surface area contributed by atoms with E-state index in [0.717, 1.165) is 18.4 Å². The van der Waals surface area contributed by atoms with Gasteiger partial charge >= 0.3 is 6.09 Å². The van der Waals surface area contributed by atoms with Crippen molar-refractivity contribution in [1.82, 2.24) is 4.90 Å². The molecule has 0 heterocycles. The van der Waals surface area contributed by atoms with Gasteiger partial charge < -0.3 is 9.64 Å². The fourth-order valence-corrected chi connectivity index (χ4v) is 2.63. The topological polar surface area (TPSA) is 29.5 Å². The first kappa shape index (κ1) is 12.9. The molecular formula is C15H21NO2. The van der Waals surface area contributed by atoms with Gasteiger partial charge in [-0.05, 0) is 18.4 Å². The van der Waals surface area contributed by atoms with E-state index < -0.39 is 0 Å². The number of hydrogen-bond donors (Lipinski definition) is 0. The van der Waals surface area contributed by atoms with Crippen LogP contribution in [0.1, 0.15) is 37.7 Å². The molecule has 1 aromatic carbocycles. The van der Waals surface area contributed by atoms with E-state index in [1.54, 1.807) is 0 Å². The van der Waals surface area contributed by atoms with Gasteiger partial charge in [0.1, 0.15) is 0 Å². The van der Waals surface area contributed by atoms with Crippen LogP contribution in [0.5, 0.6) is 0 Å². The highest BCUT2D eigenvalue weighted by Crippen LogP contribution is 2.24. The minimum absolute atomic E-state index is 0.203. The zero-order valence-corrected chi connectivity index (χ0v) is 11.0. The first-order chi connectivity index (χ1) is 8.81. The third-order valence-corrected chi connectivity index (χ3v) is 3.62. The SMILES string of the molecule is COC(=O)N(Cc1ccccc1)C1CCCCC1. The summed E-state index contributed by atoms with van der Waals surface area (Å²) < 4.78 is 4.92. The fourth-order valence-electron chi connectivity index (χ4n) is 2.63. The maximum absolute atomic E-state index is 11.9. The van der Waals surface area contributed by atoms with Gasteiger partial charge in [-0.1, -0.05) is 49.6 Å². The molecular weight excluding hydrogens is 226 g/mol. The van der Waals surface area contributed by atoms with Gasteiger partial charge in [-0.25, -0.2) is 4.79 Å². The summed E-state index contributed by atoms with van der Waals surface area (Å²) in [5.74, 6) is 0. The van der Waals surface area contributed by atoms with Crippen molar-refractivity contribution < 1.29 is 9.53 Å². The molecule has 1 saturated carbocycles. The van der Waals surface area contributed by atoms with Gasteiger partial charge in [-0.15, -0.1) is 0 Å². The standard InChI is InChI=1S/C15H21NO2/c1-18-15(17)16(14-10-6-3-7-11-14)12-13-8-4-2-5-9-13/h2,4-5,8-9,14H,3,6-7,10-12H2,1H3. The van der Waals surface area contributed by atoms with Gasteiger partial charge in [-0.2, -0.15) is 0 Å². The Morgan fingerprint density at radius 3 is 2.50 bits per heavy atom. The van der Waals surface area contributed by atoms with E-state index >= 15 is 0 Å². The molecule has 1 amide bonds. The van der Waals surface area contributed by atoms with Crippen LogP contribution in [0.2, 0.25) is 0 Å². The van der Waals surface area contributed by atoms with Crippen LogP contribution in [0.25, 0.3) is 0 Å². The number of nitrogens with zero attached hydrogens (tertiary/aromatic N) is 1. The molecule has 3 heteroatoms. The van der Waals surface area contributed by atoms with Crippen LogP contribution in [0.3, 0.4) is 0 Å². The maximum atomic E-state index is 11.9. The Morgan fingerprint density at radius 1 is 1.22 bits per heavy atom. The Balaban J connectivity index is 2.07. The van der Waals surface area contributed by atoms with Gasteiger partial charge in [0.05, 0.1) is 7.11 Å². The monoisotopic (exact) mass is 247 g/mol. The number of amides is 1. The van der Waals surface area contributed by atoms with Gasteiger partial charge in [0, 0.05) is 12.6 Å². The van der Waals surface area contributed by atoms with Crippen LogP contribution in [-0.4, -0.2) is 24.1 Å². The summed E-state index contributed by atoms with van der Waals surface area (Å²) in [5.41, 5.74) is 1.16. The van der Waals surface area contributed by atoms with Gasteiger partial charge in [0.2, 0.25) is 0 Å². The summed E-state index contributed by atoms with van der Waals surface area (Å²) in [6.07, 6.45) is 5.71. The third kappa shape index (κ3) is 3.25. The molecule has 0 radical (unpaired) electrons. The van der Waals surface area contributed by atoms with E-state index in [0.29, 0.717) is 12.6 Å². The highest BCUT2D eigenvalue weighted by Gasteiger charge is 2.25. The lowest BCUT2D eigenvalue weighted by molar-refractivity contribution is 0.0898. The highest BCUT2D eigenvalue weighted by atomic mass is 16.5. The molecule has 2 rings (SSSR count). The van der Waals surface area contributed by atoms with Gasteiger partial charge in [0.15, 0.2) is 0 Å². The number of methoxy groups -OCH3 is 1. The van der Waals surface area contributed by atoms with Crippen molar-refractivity contribution in [2.24, 2.45) is 0 Å². The molecule has 1 aliphatic carbocycles. The molecule has 0 N–H and O–H groups in total. The van der Waals surface area contributed by atoms with Gasteiger partial charge in [-0.3, -0.25) is 0 Å². The van der Waals surface area contributed by atoms with E-state index in [9.17, 15) is 4.79 Å². The number of hydrogen-bond acceptors (Lipinski definition) is 2. The summed E-state index contributed by atoms with van der Waals surface area (Å²) >= 11 is 0. The predicted octanol–water partition coefficient (Wildman–Crippen LogP) is 3.59. The second-order valence-corrected chi connectivity index (χ2v) is 4.88. The van der Waals surface area contributed by atoms with Crippen molar-refractivity contribution in [3.8, 4) is 0 Å². The summed E-state index contributed by atoms with van der Waals surface area (Å²) in [4.78, 5) is 13.8. The Kier molecular flexibility index (Phi) is 4.62. The van der Waals surface area contributed by atoms with Crippen molar-refractivity contribution in [3.05, 3.63) is 35.9 Å². The number of benzene rings is 1. The van der Waals surface area contributed by atoms with Crippen molar-refractivity contribution in [1.29, 1.82) is 0 Å². The molecule has 0 spiro atoms. The van der Waals surface area contributed by atoms with Gasteiger partial charge in [0.25, 0.3) is 0 Å². The van der Waals surface area contributed by atoms with Crippen LogP contribution >= 0.6 is 0 Å². The average Bonchev–Trinajstić information content (AvgIpc) is 2.46. The molecule has 0 aliphatic heterocycles. The zero-order chi connectivity index (χ0) is 12.8. The lowest BCUT2D eigenvalue weighted by Gasteiger charge is -2.33. The summed E-state index contributed by atoms with van der Waals surface area (Å²) in [6, 6.07) is 10.5. The minimum atomic E-state index is -0.203. The largest absolute Gasteiger partial charge is 0.453 e. The molecule has 18 heavy (non-hydrogen) atoms. The van der Waals surface area contributed by atoms with E-state index in [1.165, 1.54) is 26.4 Å². The quantitative estimate of drug-likeness (QED) is 0.817. The number of carbonyl (C=O) groups is 1. The Morgan fingerprint density at radius 2 is 1.89 bits per heavy atom. The predicted molar refractivity (Wildman–Crippen MR) is 71.3 cm³/mol. The first-order valence-corrected chi connectivity index (χ1v) is 6.70. The van der Waals surface area contributed by atoms with Crippen LogP contribution in [0.15, 0.2) is 30.3 Å². The van der Waals surface area contributed by atoms with Crippen LogP contribution in [0, 0.1) is 0 Å². The maximum Gasteiger partial charge on any atom is 0.410 e. The lowest BCUT2D eigenvalue weighted by atomic mass is 9.94. The second kappa shape index (κ2) is 6.43. The van der Waals surface area contributed by atoms with Crippen molar-refractivity contribution >= 4 is 6.09 Å². The van der Waals surface area contributed by atoms with E-state index in [2.05, 4.69) is 12.1 Å². The summed E-state index contributed by atoms with van der Waals surface area (Å²) in [6.45, 7) is 0.651. The van der Waals surface area contributed by atoms with Crippen molar-refractivity contribution in [2.45, 2.75) is 44.7 Å². The van der Waals surface area contributed by atoms with E-state index in [-0.39, 0.29) is 6.09 Å². The highest BCUT2D eigenvalue weighted by molar-refractivity contribution is 5.67. The number of rotatable bonds is 3. The van der Waals surface area contributed by atoms with Crippen LogP contribution in [-0.2, 0) is 11.3 Å². The van der Waals surface area contributed by atoms with Crippen molar-refractivity contribution in [2.75, 3.05) is 7.11 Å². The number of ether oxygens (including phenoxy) is 1. The van der Waals surface area contributed by atoms with Crippen LogP contribution < -0.4 is 0 Å². The molecule has 3 nitrogen and oxygen atoms in total. The molecule has 0 atom stereocenters. The molecule has 0 saturated heterocycles. The second-order valence-electron chi connectivity index (χ2n) is 4.88. The van der Waals surface area contributed by atoms with Crippen LogP contribution in [0.4, 0.5) is 4.79 Å². The molecule has 1 fully saturated rings. The lowest BCUT2D eigenvalue weighted by Crippen LogP contribution is -2.40. The molecule has 1 aromatic rings. The van der Waals surface area contributed by atoms with E-state index in [4.69, 9.17) is 4.74 Å². The molecule has 0 aromatic heterocycles. The molecule has 0 bridgehead atoms. The summed E-state index contributed by atoms with van der Waals surface area (Å²) in [7, 11) is 1.46. The number of carbonyl (C=O) groups excluding carboxylic acids is 1. The van der Waals surface area contributed by atoms with Crippen molar-refractivity contribution in [3.63, 3.8) is 0 Å².